The predicted octanol–water partition coefficient (Wildman–Crippen LogP) is 5.01. The quantitative estimate of drug-likeness (QED) is 0.633. The molecule has 1 unspecified atom stereocenters. The molecule has 8 heteroatoms. The minimum absolute atomic E-state index is 0.102. The summed E-state index contributed by atoms with van der Waals surface area (Å²) in [7, 11) is 1.45. The van der Waals surface area contributed by atoms with Gasteiger partial charge in [-0.1, -0.05) is 6.07 Å². The molecule has 1 saturated heterocycles. The molecule has 0 bridgehead atoms. The fourth-order valence-corrected chi connectivity index (χ4v) is 3.89. The Labute approximate surface area is 173 Å². The van der Waals surface area contributed by atoms with Gasteiger partial charge in [0.2, 0.25) is 0 Å². The molecular weight excluding hydrogens is 390 g/mol. The van der Waals surface area contributed by atoms with Gasteiger partial charge in [-0.25, -0.2) is 8.78 Å². The first kappa shape index (κ1) is 20.4. The average molecular weight is 414 g/mol. The van der Waals surface area contributed by atoms with Crippen molar-refractivity contribution in [2.75, 3.05) is 19.0 Å². The zero-order chi connectivity index (χ0) is 21.3. The minimum Gasteiger partial charge on any atom is -0.496 e. The number of hydrogen-bond acceptors (Lipinski definition) is 6. The highest BCUT2D eigenvalue weighted by Gasteiger charge is 2.29. The first-order valence-corrected chi connectivity index (χ1v) is 9.85. The molecule has 0 amide bonds. The molecule has 30 heavy (non-hydrogen) atoms. The summed E-state index contributed by atoms with van der Waals surface area (Å²) in [6.45, 7) is 4.83. The third-order valence-corrected chi connectivity index (χ3v) is 5.35. The van der Waals surface area contributed by atoms with Gasteiger partial charge in [0.1, 0.15) is 11.4 Å². The van der Waals surface area contributed by atoms with Crippen LogP contribution in [-0.4, -0.2) is 40.5 Å². The lowest BCUT2D eigenvalue weighted by Gasteiger charge is -2.36. The molecule has 1 aliphatic rings. The highest BCUT2D eigenvalue weighted by molar-refractivity contribution is 6.00. The minimum atomic E-state index is -2.57. The summed E-state index contributed by atoms with van der Waals surface area (Å²) in [5.41, 5.74) is 0.860. The molecule has 1 aromatic carbocycles. The van der Waals surface area contributed by atoms with Crippen molar-refractivity contribution in [2.24, 2.45) is 0 Å². The van der Waals surface area contributed by atoms with Crippen LogP contribution in [0, 0.1) is 0 Å². The summed E-state index contributed by atoms with van der Waals surface area (Å²) in [4.78, 5) is 4.25. The van der Waals surface area contributed by atoms with Crippen LogP contribution in [0.5, 0.6) is 5.75 Å². The lowest BCUT2D eigenvalue weighted by Crippen LogP contribution is -2.40. The van der Waals surface area contributed by atoms with Gasteiger partial charge in [0.05, 0.1) is 12.7 Å². The van der Waals surface area contributed by atoms with E-state index in [4.69, 9.17) is 9.47 Å². The molecule has 0 spiro atoms. The molecule has 3 aromatic rings. The summed E-state index contributed by atoms with van der Waals surface area (Å²) >= 11 is 0. The number of rotatable bonds is 5. The number of aromatic nitrogens is 3. The molecule has 1 N–H and O–H groups in total. The Bertz CT molecular complexity index is 1060. The second-order valence-corrected chi connectivity index (χ2v) is 8.02. The maximum atomic E-state index is 13.1. The van der Waals surface area contributed by atoms with E-state index in [-0.39, 0.29) is 17.2 Å². The van der Waals surface area contributed by atoms with Crippen molar-refractivity contribution in [1.82, 2.24) is 15.2 Å². The largest absolute Gasteiger partial charge is 0.496 e. The standard InChI is InChI=1S/C22H24F2N4O2/c1-22(2)11-14(7-9-30-22)26-21-17-12-25-8-6-15(17)19(27-28-21)16-5-4-13(20(23)24)10-18(16)29-3/h4-6,8,10,12,14,20H,7,9,11H2,1-3H3,(H,26,28). The van der Waals surface area contributed by atoms with Crippen LogP contribution in [0.4, 0.5) is 14.6 Å². The predicted molar refractivity (Wildman–Crippen MR) is 111 cm³/mol. The van der Waals surface area contributed by atoms with E-state index in [0.717, 1.165) is 23.6 Å². The molecule has 1 atom stereocenters. The Hall–Kier alpha value is -2.87. The summed E-state index contributed by atoms with van der Waals surface area (Å²) in [6.07, 6.45) is 2.56. The second kappa shape index (κ2) is 8.10. The van der Waals surface area contributed by atoms with Crippen LogP contribution in [0.3, 0.4) is 0 Å². The third kappa shape index (κ3) is 4.05. The van der Waals surface area contributed by atoms with Crippen LogP contribution >= 0.6 is 0 Å². The smallest absolute Gasteiger partial charge is 0.263 e. The molecule has 0 aliphatic carbocycles. The number of nitrogens with one attached hydrogen (secondary N) is 1. The summed E-state index contributed by atoms with van der Waals surface area (Å²) in [5, 5.41) is 14.0. The van der Waals surface area contributed by atoms with Gasteiger partial charge in [-0.05, 0) is 44.9 Å². The first-order chi connectivity index (χ1) is 14.4. The van der Waals surface area contributed by atoms with Crippen molar-refractivity contribution < 1.29 is 18.3 Å². The number of fused-ring (bicyclic) bond motifs is 1. The lowest BCUT2D eigenvalue weighted by atomic mass is 9.94. The Balaban J connectivity index is 1.75. The molecule has 2 aromatic heterocycles. The number of methoxy groups -OCH3 is 1. The van der Waals surface area contributed by atoms with Crippen LogP contribution in [0.2, 0.25) is 0 Å². The molecule has 1 aliphatic heterocycles. The van der Waals surface area contributed by atoms with Crippen LogP contribution in [-0.2, 0) is 4.74 Å². The van der Waals surface area contributed by atoms with E-state index < -0.39 is 6.43 Å². The van der Waals surface area contributed by atoms with Crippen molar-refractivity contribution in [1.29, 1.82) is 0 Å². The van der Waals surface area contributed by atoms with Crippen LogP contribution in [0.1, 0.15) is 38.7 Å². The number of halogens is 2. The van der Waals surface area contributed by atoms with Gasteiger partial charge in [-0.15, -0.1) is 10.2 Å². The normalized spacial score (nSPS) is 18.5. The van der Waals surface area contributed by atoms with Crippen molar-refractivity contribution in [2.45, 2.75) is 44.8 Å². The summed E-state index contributed by atoms with van der Waals surface area (Å²) in [6, 6.07) is 6.37. The van der Waals surface area contributed by atoms with Gasteiger partial charge in [0, 0.05) is 46.9 Å². The molecule has 3 heterocycles. The Morgan fingerprint density at radius 3 is 2.77 bits per heavy atom. The SMILES string of the molecule is COc1cc(C(F)F)ccc1-c1nnc(NC2CCOC(C)(C)C2)c2cnccc12. The van der Waals surface area contributed by atoms with Gasteiger partial charge in [0.25, 0.3) is 6.43 Å². The lowest BCUT2D eigenvalue weighted by molar-refractivity contribution is -0.0553. The molecule has 0 radical (unpaired) electrons. The van der Waals surface area contributed by atoms with Gasteiger partial charge >= 0.3 is 0 Å². The third-order valence-electron chi connectivity index (χ3n) is 5.35. The fraction of sp³-hybridized carbons (Fsp3) is 0.409. The number of alkyl halides is 2. The van der Waals surface area contributed by atoms with Gasteiger partial charge in [-0.2, -0.15) is 0 Å². The van der Waals surface area contributed by atoms with Crippen LogP contribution < -0.4 is 10.1 Å². The molecule has 4 rings (SSSR count). The van der Waals surface area contributed by atoms with E-state index >= 15 is 0 Å². The Kier molecular flexibility index (Phi) is 5.51. The Morgan fingerprint density at radius 2 is 2.03 bits per heavy atom. The van der Waals surface area contributed by atoms with E-state index in [2.05, 4.69) is 34.3 Å². The number of hydrogen-bond donors (Lipinski definition) is 1. The van der Waals surface area contributed by atoms with Gasteiger partial charge in [-0.3, -0.25) is 4.98 Å². The first-order valence-electron chi connectivity index (χ1n) is 9.85. The maximum absolute atomic E-state index is 13.1. The van der Waals surface area contributed by atoms with Crippen molar-refractivity contribution in [3.05, 3.63) is 42.2 Å². The van der Waals surface area contributed by atoms with E-state index in [1.54, 1.807) is 18.5 Å². The number of benzene rings is 1. The number of pyridine rings is 1. The second-order valence-electron chi connectivity index (χ2n) is 8.02. The van der Waals surface area contributed by atoms with Crippen molar-refractivity contribution in [3.8, 4) is 17.0 Å². The topological polar surface area (TPSA) is 69.2 Å². The van der Waals surface area contributed by atoms with Crippen LogP contribution in [0.25, 0.3) is 22.0 Å². The van der Waals surface area contributed by atoms with Gasteiger partial charge in [0.15, 0.2) is 5.82 Å². The zero-order valence-corrected chi connectivity index (χ0v) is 17.2. The molecule has 6 nitrogen and oxygen atoms in total. The zero-order valence-electron chi connectivity index (χ0n) is 17.2. The van der Waals surface area contributed by atoms with E-state index in [0.29, 0.717) is 29.4 Å². The van der Waals surface area contributed by atoms with Gasteiger partial charge < -0.3 is 14.8 Å². The van der Waals surface area contributed by atoms with E-state index in [1.807, 2.05) is 6.07 Å². The number of ether oxygens (including phenoxy) is 2. The van der Waals surface area contributed by atoms with Crippen molar-refractivity contribution in [3.63, 3.8) is 0 Å². The summed E-state index contributed by atoms with van der Waals surface area (Å²) in [5.74, 6) is 0.972. The average Bonchev–Trinajstić information content (AvgIpc) is 2.73. The Morgan fingerprint density at radius 1 is 1.20 bits per heavy atom. The van der Waals surface area contributed by atoms with E-state index in [1.165, 1.54) is 19.2 Å². The van der Waals surface area contributed by atoms with Crippen LogP contribution in [0.15, 0.2) is 36.7 Å². The highest BCUT2D eigenvalue weighted by atomic mass is 19.3. The molecular formula is C22H24F2N4O2. The van der Waals surface area contributed by atoms with E-state index in [9.17, 15) is 8.78 Å². The summed E-state index contributed by atoms with van der Waals surface area (Å²) < 4.78 is 37.3. The maximum Gasteiger partial charge on any atom is 0.263 e. The number of nitrogens with zero attached hydrogens (tertiary/aromatic N) is 3. The monoisotopic (exact) mass is 414 g/mol. The molecule has 0 saturated carbocycles. The fourth-order valence-electron chi connectivity index (χ4n) is 3.89. The van der Waals surface area contributed by atoms with Crippen molar-refractivity contribution >= 4 is 16.6 Å². The molecule has 1 fully saturated rings. The highest BCUT2D eigenvalue weighted by Crippen LogP contribution is 2.37. The number of anilines is 1. The molecule has 158 valence electrons.